The van der Waals surface area contributed by atoms with E-state index < -0.39 is 12.0 Å². The predicted octanol–water partition coefficient (Wildman–Crippen LogP) is 3.83. The fourth-order valence-electron chi connectivity index (χ4n) is 3.84. The summed E-state index contributed by atoms with van der Waals surface area (Å²) in [5, 5.41) is 0.459. The maximum atomic E-state index is 13.6. The number of rotatable bonds is 7. The fourth-order valence-corrected chi connectivity index (χ4v) is 5.02. The predicted molar refractivity (Wildman–Crippen MR) is 126 cm³/mol. The summed E-state index contributed by atoms with van der Waals surface area (Å²) in [5.74, 6) is 0.539. The molecule has 1 aromatic carbocycles. The number of thiazole rings is 1. The minimum atomic E-state index is -0.797. The highest BCUT2D eigenvalue weighted by Gasteiger charge is 2.36. The Morgan fingerprint density at radius 2 is 2.15 bits per heavy atom. The van der Waals surface area contributed by atoms with Crippen LogP contribution in [0.2, 0.25) is 5.02 Å². The Kier molecular flexibility index (Phi) is 6.85. The first-order valence-electron chi connectivity index (χ1n) is 10.6. The molecule has 4 rings (SSSR count). The third-order valence-electron chi connectivity index (χ3n) is 5.20. The van der Waals surface area contributed by atoms with E-state index in [0.29, 0.717) is 49.1 Å². The number of esters is 1. The largest absolute Gasteiger partial charge is 0.496 e. The molecule has 1 aliphatic heterocycles. The number of aromatic nitrogens is 1. The average Bonchev–Trinajstić information content (AvgIpc) is 3.41. The Hall–Kier alpha value is -3.10. The number of allylic oxidation sites excluding steroid dienone is 1. The molecule has 1 atom stereocenters. The van der Waals surface area contributed by atoms with Crippen molar-refractivity contribution in [3.05, 3.63) is 83.9 Å². The van der Waals surface area contributed by atoms with Gasteiger partial charge in [0.05, 0.1) is 35.8 Å². The summed E-state index contributed by atoms with van der Waals surface area (Å²) in [4.78, 5) is 32.0. The molecule has 3 aromatic rings. The van der Waals surface area contributed by atoms with Gasteiger partial charge in [0.1, 0.15) is 17.6 Å². The summed E-state index contributed by atoms with van der Waals surface area (Å²) < 4.78 is 18.3. The van der Waals surface area contributed by atoms with E-state index in [0.717, 1.165) is 6.42 Å². The highest BCUT2D eigenvalue weighted by atomic mass is 35.5. The van der Waals surface area contributed by atoms with Crippen LogP contribution in [0, 0.1) is 0 Å². The number of carbonyl (C=O) groups excluding carboxylic acids is 1. The van der Waals surface area contributed by atoms with Gasteiger partial charge in [0.15, 0.2) is 4.80 Å². The number of fused-ring (bicyclic) bond motifs is 1. The number of furan rings is 1. The molecular formula is C24H23ClN2O5S. The monoisotopic (exact) mass is 486 g/mol. The first-order valence-corrected chi connectivity index (χ1v) is 11.8. The highest BCUT2D eigenvalue weighted by molar-refractivity contribution is 7.07. The van der Waals surface area contributed by atoms with Crippen LogP contribution in [-0.2, 0) is 9.53 Å². The average molecular weight is 487 g/mol. The van der Waals surface area contributed by atoms with E-state index in [1.165, 1.54) is 23.0 Å². The molecule has 172 valence electrons. The molecule has 0 N–H and O–H groups in total. The van der Waals surface area contributed by atoms with Gasteiger partial charge in [0, 0.05) is 16.7 Å². The first kappa shape index (κ1) is 23.1. The van der Waals surface area contributed by atoms with Gasteiger partial charge in [-0.05, 0) is 43.7 Å². The van der Waals surface area contributed by atoms with E-state index in [4.69, 9.17) is 30.5 Å². The van der Waals surface area contributed by atoms with E-state index in [9.17, 15) is 9.59 Å². The van der Waals surface area contributed by atoms with Crippen molar-refractivity contribution in [2.45, 2.75) is 32.7 Å². The summed E-state index contributed by atoms with van der Waals surface area (Å²) in [5.41, 5.74) is 1.20. The molecule has 3 heterocycles. The van der Waals surface area contributed by atoms with Crippen molar-refractivity contribution in [3.8, 4) is 5.75 Å². The van der Waals surface area contributed by atoms with Gasteiger partial charge < -0.3 is 13.9 Å². The maximum Gasteiger partial charge on any atom is 0.338 e. The quantitative estimate of drug-likeness (QED) is 0.474. The number of ether oxygens (including phenoxy) is 2. The summed E-state index contributed by atoms with van der Waals surface area (Å²) in [6, 6.07) is 7.85. The molecule has 0 saturated carbocycles. The molecule has 9 heteroatoms. The highest BCUT2D eigenvalue weighted by Crippen LogP contribution is 2.38. The van der Waals surface area contributed by atoms with Crippen molar-refractivity contribution < 1.29 is 18.7 Å². The van der Waals surface area contributed by atoms with Crippen LogP contribution in [0.25, 0.3) is 6.08 Å². The van der Waals surface area contributed by atoms with Crippen LogP contribution >= 0.6 is 22.9 Å². The van der Waals surface area contributed by atoms with E-state index in [-0.39, 0.29) is 12.2 Å². The van der Waals surface area contributed by atoms with Crippen LogP contribution in [0.15, 0.2) is 62.1 Å². The van der Waals surface area contributed by atoms with Gasteiger partial charge in [-0.2, -0.15) is 0 Å². The van der Waals surface area contributed by atoms with Crippen molar-refractivity contribution in [2.75, 3.05) is 13.7 Å². The Labute approximate surface area is 199 Å². The zero-order chi connectivity index (χ0) is 23.5. The minimum Gasteiger partial charge on any atom is -0.496 e. The Morgan fingerprint density at radius 1 is 1.33 bits per heavy atom. The third-order valence-corrected chi connectivity index (χ3v) is 6.41. The first-order chi connectivity index (χ1) is 16.0. The molecule has 0 aliphatic carbocycles. The van der Waals surface area contributed by atoms with E-state index in [1.807, 2.05) is 6.92 Å². The van der Waals surface area contributed by atoms with Crippen LogP contribution < -0.4 is 19.6 Å². The second-order valence-electron chi connectivity index (χ2n) is 7.32. The minimum absolute atomic E-state index is 0.198. The van der Waals surface area contributed by atoms with Crippen LogP contribution in [0.4, 0.5) is 0 Å². The number of hydrogen-bond donors (Lipinski definition) is 0. The molecule has 33 heavy (non-hydrogen) atoms. The fraction of sp³-hybridized carbons (Fsp3) is 0.292. The molecule has 2 aromatic heterocycles. The molecule has 0 fully saturated rings. The van der Waals surface area contributed by atoms with Crippen molar-refractivity contribution in [1.29, 1.82) is 0 Å². The van der Waals surface area contributed by atoms with E-state index in [1.54, 1.807) is 49.6 Å². The normalized spacial score (nSPS) is 15.9. The topological polar surface area (TPSA) is 83.0 Å². The lowest BCUT2D eigenvalue weighted by Gasteiger charge is -2.27. The van der Waals surface area contributed by atoms with E-state index >= 15 is 0 Å². The van der Waals surface area contributed by atoms with Gasteiger partial charge in [-0.3, -0.25) is 9.36 Å². The second-order valence-corrected chi connectivity index (χ2v) is 8.76. The molecule has 0 bridgehead atoms. The number of hydrogen-bond acceptors (Lipinski definition) is 7. The standard InChI is InChI=1S/C24H23ClN2O5S/c1-4-7-17-20(23(29)31-5-2)21(16-12-14(25)9-10-18(16)30-3)27-22(28)19(33-24(27)26-17)13-15-8-6-11-32-15/h6,8-13,21H,4-5,7H2,1-3H3/b19-13+/t21-/m1/s1. The molecule has 1 aliphatic rings. The van der Waals surface area contributed by atoms with Gasteiger partial charge in [-0.15, -0.1) is 0 Å². The van der Waals surface area contributed by atoms with Gasteiger partial charge >= 0.3 is 5.97 Å². The number of carbonyl (C=O) groups is 1. The molecule has 7 nitrogen and oxygen atoms in total. The zero-order valence-electron chi connectivity index (χ0n) is 18.5. The Morgan fingerprint density at radius 3 is 2.82 bits per heavy atom. The lowest BCUT2D eigenvalue weighted by atomic mass is 9.93. The number of methoxy groups -OCH3 is 1. The van der Waals surface area contributed by atoms with Crippen molar-refractivity contribution >= 4 is 35.0 Å². The molecule has 0 spiro atoms. The van der Waals surface area contributed by atoms with Crippen molar-refractivity contribution in [3.63, 3.8) is 0 Å². The molecular weight excluding hydrogens is 464 g/mol. The summed E-state index contributed by atoms with van der Waals surface area (Å²) in [6.07, 6.45) is 4.53. The zero-order valence-corrected chi connectivity index (χ0v) is 20.0. The van der Waals surface area contributed by atoms with Gasteiger partial charge in [0.2, 0.25) is 0 Å². The van der Waals surface area contributed by atoms with Crippen molar-refractivity contribution in [2.24, 2.45) is 4.99 Å². The second kappa shape index (κ2) is 9.80. The molecule has 0 saturated heterocycles. The summed E-state index contributed by atoms with van der Waals surface area (Å²) in [7, 11) is 1.54. The third kappa shape index (κ3) is 4.41. The number of nitrogens with zero attached hydrogens (tertiary/aromatic N) is 2. The summed E-state index contributed by atoms with van der Waals surface area (Å²) >= 11 is 7.57. The number of benzene rings is 1. The number of halogens is 1. The van der Waals surface area contributed by atoms with Crippen molar-refractivity contribution in [1.82, 2.24) is 4.57 Å². The van der Waals surface area contributed by atoms with Gasteiger partial charge in [-0.25, -0.2) is 9.79 Å². The molecule has 0 amide bonds. The van der Waals surface area contributed by atoms with Crippen LogP contribution in [-0.4, -0.2) is 24.3 Å². The lowest BCUT2D eigenvalue weighted by Crippen LogP contribution is -2.40. The molecule has 0 unspecified atom stereocenters. The van der Waals surface area contributed by atoms with Gasteiger partial charge in [-0.1, -0.05) is 36.3 Å². The Bertz CT molecular complexity index is 1390. The van der Waals surface area contributed by atoms with Crippen LogP contribution in [0.1, 0.15) is 44.1 Å². The Balaban J connectivity index is 2.06. The lowest BCUT2D eigenvalue weighted by molar-refractivity contribution is -0.139. The SMILES string of the molecule is CCCC1=C(C(=O)OCC)[C@@H](c2cc(Cl)ccc2OC)n2c(s/c(=C/c3ccco3)c2=O)=N1. The smallest absolute Gasteiger partial charge is 0.338 e. The van der Waals surface area contributed by atoms with Gasteiger partial charge in [0.25, 0.3) is 5.56 Å². The van der Waals surface area contributed by atoms with Crippen LogP contribution in [0.3, 0.4) is 0 Å². The molecule has 0 radical (unpaired) electrons. The van der Waals surface area contributed by atoms with Crippen LogP contribution in [0.5, 0.6) is 5.75 Å². The maximum absolute atomic E-state index is 13.6. The van der Waals surface area contributed by atoms with E-state index in [2.05, 4.69) is 0 Å². The summed E-state index contributed by atoms with van der Waals surface area (Å²) in [6.45, 7) is 3.95.